The molecule has 0 radical (unpaired) electrons. The lowest BCUT2D eigenvalue weighted by molar-refractivity contribution is -0.119. The molecule has 0 saturated carbocycles. The minimum absolute atomic E-state index is 0.00272. The Morgan fingerprint density at radius 3 is 2.74 bits per heavy atom. The number of fused-ring (bicyclic) bond motifs is 2. The van der Waals surface area contributed by atoms with Gasteiger partial charge in [0, 0.05) is 26.3 Å². The van der Waals surface area contributed by atoms with Crippen LogP contribution >= 0.6 is 0 Å². The summed E-state index contributed by atoms with van der Waals surface area (Å²) in [5.74, 6) is -0.102. The van der Waals surface area contributed by atoms with E-state index in [1.54, 1.807) is 11.9 Å². The van der Waals surface area contributed by atoms with Gasteiger partial charge in [0.15, 0.2) is 11.2 Å². The second-order valence-electron chi connectivity index (χ2n) is 7.03. The van der Waals surface area contributed by atoms with Crippen molar-refractivity contribution in [1.29, 1.82) is 0 Å². The molecule has 3 aromatic rings. The number of carbonyl (C=O) groups is 1. The molecular weight excluding hydrogens is 346 g/mol. The van der Waals surface area contributed by atoms with Gasteiger partial charge in [-0.3, -0.25) is 18.7 Å². The SMILES string of the molecule is Cc1ccc2c(c1)CCCN2C(=O)Cn1cnc2c1c(=O)n(C)c(=O)n2C. The fourth-order valence-corrected chi connectivity index (χ4v) is 3.73. The highest BCUT2D eigenvalue weighted by Gasteiger charge is 2.24. The summed E-state index contributed by atoms with van der Waals surface area (Å²) in [6.45, 7) is 2.69. The van der Waals surface area contributed by atoms with E-state index in [2.05, 4.69) is 11.1 Å². The molecule has 0 aliphatic carbocycles. The number of rotatable bonds is 2. The Balaban J connectivity index is 1.73. The number of amides is 1. The maximum Gasteiger partial charge on any atom is 0.332 e. The Hall–Kier alpha value is -3.16. The van der Waals surface area contributed by atoms with Crippen LogP contribution in [0, 0.1) is 6.92 Å². The average molecular weight is 367 g/mol. The Morgan fingerprint density at radius 2 is 1.96 bits per heavy atom. The van der Waals surface area contributed by atoms with Crippen molar-refractivity contribution in [2.45, 2.75) is 26.3 Å². The van der Waals surface area contributed by atoms with Crippen LogP contribution in [0.1, 0.15) is 17.5 Å². The number of aryl methyl sites for hydroxylation is 3. The van der Waals surface area contributed by atoms with Crippen molar-refractivity contribution in [2.24, 2.45) is 14.1 Å². The van der Waals surface area contributed by atoms with E-state index < -0.39 is 11.2 Å². The van der Waals surface area contributed by atoms with Gasteiger partial charge in [0.25, 0.3) is 5.56 Å². The second-order valence-corrected chi connectivity index (χ2v) is 7.03. The molecule has 8 nitrogen and oxygen atoms in total. The molecule has 1 amide bonds. The summed E-state index contributed by atoms with van der Waals surface area (Å²) in [6.07, 6.45) is 3.31. The van der Waals surface area contributed by atoms with Crippen LogP contribution in [-0.2, 0) is 31.9 Å². The van der Waals surface area contributed by atoms with Gasteiger partial charge in [-0.2, -0.15) is 0 Å². The molecule has 0 fully saturated rings. The zero-order valence-electron chi connectivity index (χ0n) is 15.6. The van der Waals surface area contributed by atoms with Gasteiger partial charge in [0.1, 0.15) is 6.54 Å². The van der Waals surface area contributed by atoms with Crippen molar-refractivity contribution >= 4 is 22.8 Å². The van der Waals surface area contributed by atoms with E-state index in [0.717, 1.165) is 23.1 Å². The standard InChI is InChI=1S/C19H21N5O3/c1-12-6-7-14-13(9-12)5-4-8-24(14)15(25)10-23-11-20-17-16(23)18(26)22(3)19(27)21(17)2/h6-7,9,11H,4-5,8,10H2,1-3H3. The van der Waals surface area contributed by atoms with Crippen LogP contribution in [0.5, 0.6) is 0 Å². The highest BCUT2D eigenvalue weighted by molar-refractivity contribution is 5.95. The first-order valence-corrected chi connectivity index (χ1v) is 8.89. The lowest BCUT2D eigenvalue weighted by Gasteiger charge is -2.30. The zero-order chi connectivity index (χ0) is 19.3. The maximum atomic E-state index is 13.0. The lowest BCUT2D eigenvalue weighted by Crippen LogP contribution is -2.39. The first-order valence-electron chi connectivity index (χ1n) is 8.89. The first kappa shape index (κ1) is 17.3. The van der Waals surface area contributed by atoms with Gasteiger partial charge in [-0.1, -0.05) is 17.7 Å². The van der Waals surface area contributed by atoms with Crippen molar-refractivity contribution in [3.8, 4) is 0 Å². The molecule has 27 heavy (non-hydrogen) atoms. The van der Waals surface area contributed by atoms with Gasteiger partial charge >= 0.3 is 5.69 Å². The van der Waals surface area contributed by atoms with Crippen molar-refractivity contribution in [2.75, 3.05) is 11.4 Å². The van der Waals surface area contributed by atoms with E-state index in [1.165, 1.54) is 33.6 Å². The molecule has 0 spiro atoms. The molecule has 140 valence electrons. The average Bonchev–Trinajstić information content (AvgIpc) is 3.07. The van der Waals surface area contributed by atoms with Gasteiger partial charge in [-0.15, -0.1) is 0 Å². The Bertz CT molecular complexity index is 1180. The molecule has 0 bridgehead atoms. The summed E-state index contributed by atoms with van der Waals surface area (Å²) in [6, 6.07) is 6.10. The van der Waals surface area contributed by atoms with Crippen LogP contribution < -0.4 is 16.1 Å². The lowest BCUT2D eigenvalue weighted by atomic mass is 9.99. The molecule has 0 saturated heterocycles. The summed E-state index contributed by atoms with van der Waals surface area (Å²) in [5.41, 5.74) is 2.93. The van der Waals surface area contributed by atoms with Crippen LogP contribution in [0.3, 0.4) is 0 Å². The third-order valence-corrected chi connectivity index (χ3v) is 5.18. The number of hydrogen-bond acceptors (Lipinski definition) is 4. The monoisotopic (exact) mass is 367 g/mol. The minimum Gasteiger partial charge on any atom is -0.315 e. The van der Waals surface area contributed by atoms with Gasteiger partial charge in [-0.05, 0) is 31.4 Å². The Kier molecular flexibility index (Phi) is 3.98. The highest BCUT2D eigenvalue weighted by Crippen LogP contribution is 2.28. The number of imidazole rings is 1. The van der Waals surface area contributed by atoms with Crippen LogP contribution in [0.2, 0.25) is 0 Å². The topological polar surface area (TPSA) is 82.1 Å². The first-order chi connectivity index (χ1) is 12.9. The van der Waals surface area contributed by atoms with Gasteiger partial charge in [0.2, 0.25) is 5.91 Å². The van der Waals surface area contributed by atoms with Gasteiger partial charge in [0.05, 0.1) is 6.33 Å². The summed E-state index contributed by atoms with van der Waals surface area (Å²) < 4.78 is 3.88. The highest BCUT2D eigenvalue weighted by atomic mass is 16.2. The zero-order valence-corrected chi connectivity index (χ0v) is 15.6. The number of benzene rings is 1. The molecule has 0 unspecified atom stereocenters. The summed E-state index contributed by atoms with van der Waals surface area (Å²) in [7, 11) is 2.99. The van der Waals surface area contributed by atoms with Crippen LogP contribution in [-0.4, -0.2) is 31.1 Å². The van der Waals surface area contributed by atoms with Crippen molar-refractivity contribution in [3.05, 3.63) is 56.5 Å². The number of aromatic nitrogens is 4. The van der Waals surface area contributed by atoms with E-state index in [1.807, 2.05) is 19.1 Å². The van der Waals surface area contributed by atoms with Crippen LogP contribution in [0.4, 0.5) is 5.69 Å². The summed E-state index contributed by atoms with van der Waals surface area (Å²) >= 11 is 0. The molecule has 0 N–H and O–H groups in total. The smallest absolute Gasteiger partial charge is 0.315 e. The Morgan fingerprint density at radius 1 is 1.19 bits per heavy atom. The third-order valence-electron chi connectivity index (χ3n) is 5.18. The fourth-order valence-electron chi connectivity index (χ4n) is 3.73. The molecule has 4 rings (SSSR count). The third kappa shape index (κ3) is 2.68. The molecule has 0 atom stereocenters. The summed E-state index contributed by atoms with van der Waals surface area (Å²) in [4.78, 5) is 43.5. The van der Waals surface area contributed by atoms with E-state index in [4.69, 9.17) is 0 Å². The fraction of sp³-hybridized carbons (Fsp3) is 0.368. The molecular formula is C19H21N5O3. The van der Waals surface area contributed by atoms with E-state index in [0.29, 0.717) is 6.54 Å². The van der Waals surface area contributed by atoms with Gasteiger partial charge in [-0.25, -0.2) is 9.78 Å². The number of nitrogens with zero attached hydrogens (tertiary/aromatic N) is 5. The molecule has 2 aromatic heterocycles. The molecule has 1 aliphatic heterocycles. The van der Waals surface area contributed by atoms with Crippen molar-refractivity contribution in [3.63, 3.8) is 0 Å². The predicted molar refractivity (Wildman–Crippen MR) is 102 cm³/mol. The second kappa shape index (κ2) is 6.22. The number of hydrogen-bond donors (Lipinski definition) is 0. The summed E-state index contributed by atoms with van der Waals surface area (Å²) in [5, 5.41) is 0. The molecule has 1 aromatic carbocycles. The molecule has 8 heteroatoms. The van der Waals surface area contributed by atoms with E-state index in [9.17, 15) is 14.4 Å². The molecule has 3 heterocycles. The minimum atomic E-state index is -0.451. The largest absolute Gasteiger partial charge is 0.332 e. The number of carbonyl (C=O) groups excluding carboxylic acids is 1. The van der Waals surface area contributed by atoms with Gasteiger partial charge < -0.3 is 9.47 Å². The van der Waals surface area contributed by atoms with Crippen molar-refractivity contribution < 1.29 is 4.79 Å². The Labute approximate surface area is 155 Å². The maximum absolute atomic E-state index is 13.0. The van der Waals surface area contributed by atoms with Crippen molar-refractivity contribution in [1.82, 2.24) is 18.7 Å². The normalized spacial score (nSPS) is 13.8. The van der Waals surface area contributed by atoms with E-state index >= 15 is 0 Å². The molecule has 1 aliphatic rings. The van der Waals surface area contributed by atoms with Crippen LogP contribution in [0.25, 0.3) is 11.2 Å². The van der Waals surface area contributed by atoms with E-state index in [-0.39, 0.29) is 23.6 Å². The predicted octanol–water partition coefficient (Wildman–Crippen LogP) is 0.722. The van der Waals surface area contributed by atoms with Crippen LogP contribution in [0.15, 0.2) is 34.1 Å². The quantitative estimate of drug-likeness (QED) is 0.668. The number of anilines is 1.